The van der Waals surface area contributed by atoms with E-state index in [0.29, 0.717) is 0 Å². The highest BCUT2D eigenvalue weighted by Crippen LogP contribution is 2.31. The molecular weight excluding hydrogens is 282 g/mol. The van der Waals surface area contributed by atoms with Crippen LogP contribution in [0.2, 0.25) is 0 Å². The molecule has 1 saturated heterocycles. The topological polar surface area (TPSA) is 73.1 Å². The molecule has 0 spiro atoms. The van der Waals surface area contributed by atoms with E-state index in [1.165, 1.54) is 13.4 Å². The molecule has 0 bridgehead atoms. The Labute approximate surface area is 129 Å². The zero-order chi connectivity index (χ0) is 15.9. The number of hydrogen-bond acceptors (Lipinski definition) is 6. The fraction of sp³-hybridized carbons (Fsp3) is 0.600. The van der Waals surface area contributed by atoms with Crippen molar-refractivity contribution in [3.63, 3.8) is 0 Å². The number of carbonyl (C=O) groups is 1. The van der Waals surface area contributed by atoms with Crippen molar-refractivity contribution in [1.29, 1.82) is 0 Å². The number of aromatic nitrogens is 4. The lowest BCUT2D eigenvalue weighted by molar-refractivity contribution is -0.141. The van der Waals surface area contributed by atoms with Crippen LogP contribution >= 0.6 is 0 Å². The van der Waals surface area contributed by atoms with Crippen molar-refractivity contribution in [1.82, 2.24) is 19.7 Å². The van der Waals surface area contributed by atoms with E-state index >= 15 is 0 Å². The normalized spacial score (nSPS) is 18.9. The predicted molar refractivity (Wildman–Crippen MR) is 82.7 cm³/mol. The lowest BCUT2D eigenvalue weighted by atomic mass is 10.1. The van der Waals surface area contributed by atoms with E-state index in [9.17, 15) is 4.79 Å². The third-order valence-electron chi connectivity index (χ3n) is 3.98. The molecule has 0 radical (unpaired) electrons. The maximum absolute atomic E-state index is 12.0. The Bertz CT molecular complexity index is 704. The van der Waals surface area contributed by atoms with Crippen molar-refractivity contribution in [3.05, 3.63) is 12.5 Å². The molecule has 0 unspecified atom stereocenters. The second-order valence-corrected chi connectivity index (χ2v) is 6.54. The van der Waals surface area contributed by atoms with Crippen LogP contribution in [0.25, 0.3) is 11.0 Å². The molecule has 2 aromatic rings. The third kappa shape index (κ3) is 2.30. The number of fused-ring (bicyclic) bond motifs is 1. The zero-order valence-corrected chi connectivity index (χ0v) is 13.4. The molecule has 0 aromatic carbocycles. The summed E-state index contributed by atoms with van der Waals surface area (Å²) in [6, 6.07) is -0.277. The first-order chi connectivity index (χ1) is 10.4. The van der Waals surface area contributed by atoms with Gasteiger partial charge >= 0.3 is 5.97 Å². The van der Waals surface area contributed by atoms with E-state index in [1.54, 1.807) is 6.20 Å². The molecule has 1 fully saturated rings. The fourth-order valence-corrected chi connectivity index (χ4v) is 2.95. The molecule has 1 aliphatic heterocycles. The van der Waals surface area contributed by atoms with Gasteiger partial charge in [-0.25, -0.2) is 19.4 Å². The summed E-state index contributed by atoms with van der Waals surface area (Å²) >= 11 is 0. The van der Waals surface area contributed by atoms with Gasteiger partial charge in [-0.15, -0.1) is 0 Å². The molecule has 0 amide bonds. The number of nitrogens with zero attached hydrogens (tertiary/aromatic N) is 5. The minimum atomic E-state index is -0.277. The molecule has 3 heterocycles. The minimum absolute atomic E-state index is 0.167. The van der Waals surface area contributed by atoms with E-state index in [2.05, 4.69) is 35.8 Å². The number of rotatable bonds is 2. The highest BCUT2D eigenvalue weighted by atomic mass is 16.5. The molecule has 1 atom stereocenters. The smallest absolute Gasteiger partial charge is 0.328 e. The Morgan fingerprint density at radius 1 is 1.36 bits per heavy atom. The summed E-state index contributed by atoms with van der Waals surface area (Å²) in [5, 5.41) is 5.33. The first-order valence-corrected chi connectivity index (χ1v) is 7.47. The van der Waals surface area contributed by atoms with Crippen LogP contribution in [0.1, 0.15) is 33.6 Å². The second kappa shape index (κ2) is 5.23. The Kier molecular flexibility index (Phi) is 3.50. The lowest BCUT2D eigenvalue weighted by Crippen LogP contribution is -2.37. The second-order valence-electron chi connectivity index (χ2n) is 6.54. The molecule has 2 aromatic heterocycles. The summed E-state index contributed by atoms with van der Waals surface area (Å²) in [7, 11) is 1.42. The number of anilines is 1. The summed E-state index contributed by atoms with van der Waals surface area (Å²) in [6.45, 7) is 7.02. The van der Waals surface area contributed by atoms with Gasteiger partial charge in [0, 0.05) is 6.54 Å². The molecule has 7 nitrogen and oxygen atoms in total. The van der Waals surface area contributed by atoms with Gasteiger partial charge < -0.3 is 9.64 Å². The molecule has 0 N–H and O–H groups in total. The van der Waals surface area contributed by atoms with Crippen LogP contribution in [-0.2, 0) is 15.1 Å². The first kappa shape index (κ1) is 14.7. The average Bonchev–Trinajstić information content (AvgIpc) is 3.11. The molecule has 7 heteroatoms. The average molecular weight is 303 g/mol. The molecular formula is C15H21N5O2. The SMILES string of the molecule is COC(=O)[C@@H]1CCCN1c1ncnc2c1cnn2C(C)(C)C. The Balaban J connectivity index is 2.08. The molecule has 1 aliphatic rings. The van der Waals surface area contributed by atoms with Gasteiger partial charge in [0.1, 0.15) is 18.2 Å². The maximum Gasteiger partial charge on any atom is 0.328 e. The van der Waals surface area contributed by atoms with Crippen molar-refractivity contribution in [3.8, 4) is 0 Å². The first-order valence-electron chi connectivity index (χ1n) is 7.47. The van der Waals surface area contributed by atoms with Crippen LogP contribution in [0, 0.1) is 0 Å². The van der Waals surface area contributed by atoms with Crippen LogP contribution in [0.4, 0.5) is 5.82 Å². The minimum Gasteiger partial charge on any atom is -0.467 e. The van der Waals surface area contributed by atoms with Gasteiger partial charge in [0.2, 0.25) is 0 Å². The van der Waals surface area contributed by atoms with Crippen LogP contribution in [-0.4, -0.2) is 45.4 Å². The van der Waals surface area contributed by atoms with Crippen LogP contribution in [0.15, 0.2) is 12.5 Å². The fourth-order valence-electron chi connectivity index (χ4n) is 2.95. The number of esters is 1. The van der Waals surface area contributed by atoms with E-state index in [4.69, 9.17) is 4.74 Å². The maximum atomic E-state index is 12.0. The number of methoxy groups -OCH3 is 1. The number of hydrogen-bond donors (Lipinski definition) is 0. The van der Waals surface area contributed by atoms with Gasteiger partial charge in [-0.1, -0.05) is 0 Å². The number of ether oxygens (including phenoxy) is 1. The van der Waals surface area contributed by atoms with Gasteiger partial charge in [-0.3, -0.25) is 0 Å². The Morgan fingerprint density at radius 2 is 2.14 bits per heavy atom. The van der Waals surface area contributed by atoms with E-state index in [1.807, 2.05) is 9.58 Å². The largest absolute Gasteiger partial charge is 0.467 e. The molecule has 118 valence electrons. The van der Waals surface area contributed by atoms with Gasteiger partial charge in [0.15, 0.2) is 5.65 Å². The van der Waals surface area contributed by atoms with E-state index in [0.717, 1.165) is 36.2 Å². The van der Waals surface area contributed by atoms with Gasteiger partial charge in [-0.2, -0.15) is 5.10 Å². The molecule has 0 aliphatic carbocycles. The predicted octanol–water partition coefficient (Wildman–Crippen LogP) is 1.72. The Hall–Kier alpha value is -2.18. The quantitative estimate of drug-likeness (QED) is 0.787. The summed E-state index contributed by atoms with van der Waals surface area (Å²) < 4.78 is 6.80. The summed E-state index contributed by atoms with van der Waals surface area (Å²) in [4.78, 5) is 22.8. The van der Waals surface area contributed by atoms with E-state index < -0.39 is 0 Å². The lowest BCUT2D eigenvalue weighted by Gasteiger charge is -2.24. The van der Waals surface area contributed by atoms with Crippen LogP contribution in [0.5, 0.6) is 0 Å². The summed E-state index contributed by atoms with van der Waals surface area (Å²) in [5.74, 6) is 0.542. The Morgan fingerprint density at radius 3 is 2.82 bits per heavy atom. The molecule has 22 heavy (non-hydrogen) atoms. The monoisotopic (exact) mass is 303 g/mol. The molecule has 0 saturated carbocycles. The van der Waals surface area contributed by atoms with Crippen molar-refractivity contribution in [2.75, 3.05) is 18.6 Å². The van der Waals surface area contributed by atoms with Gasteiger partial charge in [-0.05, 0) is 33.6 Å². The van der Waals surface area contributed by atoms with Crippen molar-refractivity contribution in [2.45, 2.75) is 45.2 Å². The summed E-state index contributed by atoms with van der Waals surface area (Å²) in [5.41, 5.74) is 0.619. The summed E-state index contributed by atoms with van der Waals surface area (Å²) in [6.07, 6.45) is 5.04. The number of carbonyl (C=O) groups excluding carboxylic acids is 1. The van der Waals surface area contributed by atoms with Gasteiger partial charge in [0.25, 0.3) is 0 Å². The van der Waals surface area contributed by atoms with E-state index in [-0.39, 0.29) is 17.6 Å². The van der Waals surface area contributed by atoms with Crippen molar-refractivity contribution < 1.29 is 9.53 Å². The van der Waals surface area contributed by atoms with Crippen LogP contribution < -0.4 is 4.90 Å². The van der Waals surface area contributed by atoms with Crippen molar-refractivity contribution in [2.24, 2.45) is 0 Å². The standard InChI is InChI=1S/C15H21N5O2/c1-15(2,3)20-13-10(8-18-20)12(16-9-17-13)19-7-5-6-11(19)14(21)22-4/h8-9,11H,5-7H2,1-4H3/t11-/m0/s1. The third-order valence-corrected chi connectivity index (χ3v) is 3.98. The van der Waals surface area contributed by atoms with Gasteiger partial charge in [0.05, 0.1) is 24.2 Å². The molecule has 3 rings (SSSR count). The zero-order valence-electron chi connectivity index (χ0n) is 13.4. The van der Waals surface area contributed by atoms with Crippen LogP contribution in [0.3, 0.4) is 0 Å². The highest BCUT2D eigenvalue weighted by molar-refractivity contribution is 5.90. The van der Waals surface area contributed by atoms with Crippen molar-refractivity contribution >= 4 is 22.8 Å². The highest BCUT2D eigenvalue weighted by Gasteiger charge is 2.34.